The normalized spacial score (nSPS) is 12.6. The van der Waals surface area contributed by atoms with E-state index in [0.717, 1.165) is 44.9 Å². The number of carbonyl (C=O) groups excluding carboxylic acids is 3. The lowest BCUT2D eigenvalue weighted by Crippen LogP contribution is -2.42. The molecule has 0 saturated carbocycles. The van der Waals surface area contributed by atoms with Gasteiger partial charge in [-0.05, 0) is 25.7 Å². The number of esters is 2. The van der Waals surface area contributed by atoms with Crippen LogP contribution in [0.25, 0.3) is 0 Å². The third-order valence-corrected chi connectivity index (χ3v) is 7.14. The van der Waals surface area contributed by atoms with Gasteiger partial charge in [0.1, 0.15) is 12.7 Å². The Kier molecular flexibility index (Phi) is 27.7. The molecule has 0 saturated heterocycles. The summed E-state index contributed by atoms with van der Waals surface area (Å²) in [4.78, 5) is 36.6. The molecule has 0 aliphatic rings. The molecule has 0 aromatic carbocycles. The van der Waals surface area contributed by atoms with E-state index in [9.17, 15) is 14.4 Å². The van der Waals surface area contributed by atoms with Crippen molar-refractivity contribution in [2.24, 2.45) is 0 Å². The van der Waals surface area contributed by atoms with E-state index in [0.29, 0.717) is 26.1 Å². The number of unbranched alkanes of at least 4 members (excludes halogenated alkanes) is 15. The minimum absolute atomic E-state index is 0.0269. The van der Waals surface area contributed by atoms with E-state index in [4.69, 9.17) is 14.2 Å². The zero-order valence-corrected chi connectivity index (χ0v) is 26.6. The summed E-state index contributed by atoms with van der Waals surface area (Å²) in [5, 5.41) is 3.00. The van der Waals surface area contributed by atoms with Crippen LogP contribution < -0.4 is 5.32 Å². The molecule has 0 rings (SSSR count). The van der Waals surface area contributed by atoms with Gasteiger partial charge in [-0.3, -0.25) is 14.4 Å². The Morgan fingerprint density at radius 3 is 1.73 bits per heavy atom. The first kappa shape index (κ1) is 38.4. The van der Waals surface area contributed by atoms with Crippen LogP contribution in [0.15, 0.2) is 0 Å². The molecule has 0 aliphatic carbocycles. The van der Waals surface area contributed by atoms with Gasteiger partial charge in [0.15, 0.2) is 0 Å². The van der Waals surface area contributed by atoms with Crippen molar-refractivity contribution in [1.82, 2.24) is 5.32 Å². The summed E-state index contributed by atoms with van der Waals surface area (Å²) in [6, 6.07) is -0.387. The SMILES string of the molecule is CCCCCCCCCCCCCC(=O)N[C@H](COCCCC)COC(=O)C[C@@H](CCCCCCC)OC(C)=O. The van der Waals surface area contributed by atoms with E-state index >= 15 is 0 Å². The van der Waals surface area contributed by atoms with Crippen LogP contribution in [-0.2, 0) is 28.6 Å². The Hall–Kier alpha value is -1.63. The van der Waals surface area contributed by atoms with Gasteiger partial charge in [0.2, 0.25) is 5.91 Å². The second-order valence-corrected chi connectivity index (χ2v) is 11.3. The molecule has 0 aromatic heterocycles. The molecule has 0 aromatic rings. The van der Waals surface area contributed by atoms with Crippen molar-refractivity contribution in [3.8, 4) is 0 Å². The average Bonchev–Trinajstić information content (AvgIpc) is 2.92. The van der Waals surface area contributed by atoms with Crippen molar-refractivity contribution in [3.05, 3.63) is 0 Å². The maximum absolute atomic E-state index is 12.6. The summed E-state index contributed by atoms with van der Waals surface area (Å²) < 4.78 is 16.6. The smallest absolute Gasteiger partial charge is 0.309 e. The number of ether oxygens (including phenoxy) is 3. The van der Waals surface area contributed by atoms with E-state index in [1.165, 1.54) is 77.6 Å². The highest BCUT2D eigenvalue weighted by Crippen LogP contribution is 2.14. The van der Waals surface area contributed by atoms with Crippen molar-refractivity contribution in [2.45, 2.75) is 175 Å². The van der Waals surface area contributed by atoms with Gasteiger partial charge in [-0.25, -0.2) is 0 Å². The standard InChI is InChI=1S/C33H63NO6/c1-5-8-11-13-14-15-16-17-18-20-22-24-32(36)34-30(27-38-25-10-7-3)28-39-33(37)26-31(40-29(4)35)23-21-19-12-9-6-2/h30-31H,5-28H2,1-4H3,(H,34,36)/t30-,31-/m1/s1. The molecule has 0 unspecified atom stereocenters. The molecule has 0 radical (unpaired) electrons. The van der Waals surface area contributed by atoms with Crippen molar-refractivity contribution < 1.29 is 28.6 Å². The molecule has 0 bridgehead atoms. The Bertz CT molecular complexity index is 612. The molecule has 40 heavy (non-hydrogen) atoms. The Morgan fingerprint density at radius 2 is 1.18 bits per heavy atom. The van der Waals surface area contributed by atoms with E-state index in [1.54, 1.807) is 0 Å². The van der Waals surface area contributed by atoms with Crippen LogP contribution in [0.2, 0.25) is 0 Å². The van der Waals surface area contributed by atoms with Crippen molar-refractivity contribution in [2.75, 3.05) is 19.8 Å². The summed E-state index contributed by atoms with van der Waals surface area (Å²) in [6.07, 6.45) is 21.8. The minimum atomic E-state index is -0.471. The first-order valence-electron chi connectivity index (χ1n) is 16.6. The lowest BCUT2D eigenvalue weighted by Gasteiger charge is -2.20. The zero-order valence-electron chi connectivity index (χ0n) is 26.6. The Morgan fingerprint density at radius 1 is 0.650 bits per heavy atom. The molecule has 0 heterocycles. The van der Waals surface area contributed by atoms with E-state index in [-0.39, 0.29) is 30.9 Å². The average molecular weight is 570 g/mol. The highest BCUT2D eigenvalue weighted by atomic mass is 16.6. The fourth-order valence-corrected chi connectivity index (χ4v) is 4.70. The van der Waals surface area contributed by atoms with Gasteiger partial charge in [0.05, 0.1) is 19.1 Å². The molecule has 1 N–H and O–H groups in total. The highest BCUT2D eigenvalue weighted by Gasteiger charge is 2.20. The lowest BCUT2D eigenvalue weighted by atomic mass is 10.1. The van der Waals surface area contributed by atoms with Gasteiger partial charge in [-0.1, -0.05) is 117 Å². The van der Waals surface area contributed by atoms with Crippen LogP contribution in [0, 0.1) is 0 Å². The third-order valence-electron chi connectivity index (χ3n) is 7.14. The van der Waals surface area contributed by atoms with Gasteiger partial charge in [0.25, 0.3) is 0 Å². The van der Waals surface area contributed by atoms with Crippen LogP contribution in [0.5, 0.6) is 0 Å². The lowest BCUT2D eigenvalue weighted by molar-refractivity contribution is -0.154. The van der Waals surface area contributed by atoms with Crippen molar-refractivity contribution in [3.63, 3.8) is 0 Å². The number of hydrogen-bond acceptors (Lipinski definition) is 6. The summed E-state index contributed by atoms with van der Waals surface area (Å²) in [7, 11) is 0. The fourth-order valence-electron chi connectivity index (χ4n) is 4.70. The predicted molar refractivity (Wildman–Crippen MR) is 163 cm³/mol. The Balaban J connectivity index is 4.39. The topological polar surface area (TPSA) is 90.9 Å². The van der Waals surface area contributed by atoms with Crippen molar-refractivity contribution in [1.29, 1.82) is 0 Å². The van der Waals surface area contributed by atoms with Crippen LogP contribution >= 0.6 is 0 Å². The molecule has 1 amide bonds. The Labute approximate surface area is 246 Å². The first-order valence-corrected chi connectivity index (χ1v) is 16.6. The van der Waals surface area contributed by atoms with Gasteiger partial charge >= 0.3 is 11.9 Å². The molecule has 0 aliphatic heterocycles. The number of carbonyl (C=O) groups is 3. The number of rotatable bonds is 29. The maximum Gasteiger partial charge on any atom is 0.309 e. The summed E-state index contributed by atoms with van der Waals surface area (Å²) >= 11 is 0. The molecule has 7 nitrogen and oxygen atoms in total. The number of amides is 1. The molecule has 0 fully saturated rings. The quantitative estimate of drug-likeness (QED) is 0.0721. The van der Waals surface area contributed by atoms with Gasteiger partial charge in [-0.2, -0.15) is 0 Å². The number of nitrogens with one attached hydrogen (secondary N) is 1. The van der Waals surface area contributed by atoms with E-state index < -0.39 is 12.1 Å². The van der Waals surface area contributed by atoms with Gasteiger partial charge < -0.3 is 19.5 Å². The zero-order chi connectivity index (χ0) is 29.7. The summed E-state index contributed by atoms with van der Waals surface area (Å²) in [5.74, 6) is -0.831. The summed E-state index contributed by atoms with van der Waals surface area (Å²) in [5.41, 5.74) is 0. The van der Waals surface area contributed by atoms with Gasteiger partial charge in [0, 0.05) is 20.0 Å². The second-order valence-electron chi connectivity index (χ2n) is 11.3. The third kappa shape index (κ3) is 26.6. The maximum atomic E-state index is 12.6. The van der Waals surface area contributed by atoms with Crippen LogP contribution in [0.3, 0.4) is 0 Å². The van der Waals surface area contributed by atoms with Crippen LogP contribution in [0.4, 0.5) is 0 Å². The van der Waals surface area contributed by atoms with Crippen molar-refractivity contribution >= 4 is 17.8 Å². The van der Waals surface area contributed by atoms with Crippen LogP contribution in [-0.4, -0.2) is 49.8 Å². The largest absolute Gasteiger partial charge is 0.463 e. The highest BCUT2D eigenvalue weighted by molar-refractivity contribution is 5.76. The monoisotopic (exact) mass is 569 g/mol. The first-order chi connectivity index (χ1) is 19.4. The van der Waals surface area contributed by atoms with Gasteiger partial charge in [-0.15, -0.1) is 0 Å². The molecule has 0 spiro atoms. The molecular weight excluding hydrogens is 506 g/mol. The molecule has 236 valence electrons. The molecule has 2 atom stereocenters. The van der Waals surface area contributed by atoms with Crippen LogP contribution in [0.1, 0.15) is 163 Å². The predicted octanol–water partition coefficient (Wildman–Crippen LogP) is 8.21. The molecule has 7 heteroatoms. The minimum Gasteiger partial charge on any atom is -0.463 e. The molecular formula is C33H63NO6. The number of hydrogen-bond donors (Lipinski definition) is 1. The van der Waals surface area contributed by atoms with E-state index in [2.05, 4.69) is 26.1 Å². The second kappa shape index (κ2) is 28.9. The fraction of sp³-hybridized carbons (Fsp3) is 0.909. The summed E-state index contributed by atoms with van der Waals surface area (Å²) in [6.45, 7) is 8.85. The van der Waals surface area contributed by atoms with E-state index in [1.807, 2.05) is 0 Å².